The Hall–Kier alpha value is -1.55. The van der Waals surface area contributed by atoms with Crippen LogP contribution in [0.15, 0.2) is 18.2 Å². The van der Waals surface area contributed by atoms with E-state index in [4.69, 9.17) is 9.47 Å². The van der Waals surface area contributed by atoms with Crippen LogP contribution in [0.2, 0.25) is 0 Å². The number of esters is 1. The zero-order valence-electron chi connectivity index (χ0n) is 23.0. The zero-order chi connectivity index (χ0) is 25.1. The lowest BCUT2D eigenvalue weighted by molar-refractivity contribution is -0.143. The second-order valence-corrected chi connectivity index (χ2v) is 9.94. The average Bonchev–Trinajstić information content (AvgIpc) is 2.83. The highest BCUT2D eigenvalue weighted by atomic mass is 16.5. The van der Waals surface area contributed by atoms with Gasteiger partial charge in [-0.25, -0.2) is 0 Å². The highest BCUT2D eigenvalue weighted by molar-refractivity contribution is 5.69. The molecule has 0 saturated heterocycles. The predicted molar refractivity (Wildman–Crippen MR) is 145 cm³/mol. The van der Waals surface area contributed by atoms with Gasteiger partial charge in [0.15, 0.2) is 0 Å². The van der Waals surface area contributed by atoms with E-state index in [1.54, 1.807) is 7.11 Å². The smallest absolute Gasteiger partial charge is 0.305 e. The van der Waals surface area contributed by atoms with Gasteiger partial charge < -0.3 is 14.8 Å². The fraction of sp³-hybridized carbons (Fsp3) is 0.767. The minimum absolute atomic E-state index is 0.0250. The van der Waals surface area contributed by atoms with Gasteiger partial charge in [0, 0.05) is 12.0 Å². The molecule has 196 valence electrons. The van der Waals surface area contributed by atoms with Crippen LogP contribution in [-0.4, -0.2) is 26.2 Å². The summed E-state index contributed by atoms with van der Waals surface area (Å²) in [5.41, 5.74) is 2.70. The summed E-state index contributed by atoms with van der Waals surface area (Å²) in [6.07, 6.45) is 18.5. The number of unbranched alkanes of at least 4 members (excludes halogenated alkanes) is 12. The van der Waals surface area contributed by atoms with Crippen LogP contribution >= 0.6 is 0 Å². The third kappa shape index (κ3) is 12.8. The maximum atomic E-state index is 11.3. The summed E-state index contributed by atoms with van der Waals surface area (Å²) in [6, 6.07) is 6.43. The lowest BCUT2D eigenvalue weighted by atomic mass is 9.86. The number of methoxy groups -OCH3 is 1. The molecule has 1 atom stereocenters. The van der Waals surface area contributed by atoms with E-state index in [1.807, 2.05) is 6.92 Å². The van der Waals surface area contributed by atoms with Crippen molar-refractivity contribution < 1.29 is 14.3 Å². The fourth-order valence-corrected chi connectivity index (χ4v) is 4.73. The first kappa shape index (κ1) is 30.5. The largest absolute Gasteiger partial charge is 0.497 e. The summed E-state index contributed by atoms with van der Waals surface area (Å²) in [7, 11) is 1.73. The molecule has 34 heavy (non-hydrogen) atoms. The van der Waals surface area contributed by atoms with Gasteiger partial charge in [0.25, 0.3) is 0 Å². The topological polar surface area (TPSA) is 47.6 Å². The Morgan fingerprint density at radius 2 is 1.38 bits per heavy atom. The summed E-state index contributed by atoms with van der Waals surface area (Å²) < 4.78 is 10.3. The van der Waals surface area contributed by atoms with Crippen molar-refractivity contribution in [3.8, 4) is 5.75 Å². The van der Waals surface area contributed by atoms with Crippen LogP contribution in [0.3, 0.4) is 0 Å². The number of carbonyl (C=O) groups excluding carboxylic acids is 1. The van der Waals surface area contributed by atoms with Crippen LogP contribution in [0.4, 0.5) is 0 Å². The van der Waals surface area contributed by atoms with Gasteiger partial charge in [0.2, 0.25) is 0 Å². The molecule has 1 aromatic rings. The molecule has 1 unspecified atom stereocenters. The van der Waals surface area contributed by atoms with Crippen LogP contribution in [0.25, 0.3) is 0 Å². The quantitative estimate of drug-likeness (QED) is 0.144. The molecule has 4 nitrogen and oxygen atoms in total. The maximum absolute atomic E-state index is 11.3. The first-order chi connectivity index (χ1) is 16.5. The molecule has 0 aliphatic heterocycles. The van der Waals surface area contributed by atoms with E-state index in [0.717, 1.165) is 31.6 Å². The van der Waals surface area contributed by atoms with Gasteiger partial charge in [-0.1, -0.05) is 83.6 Å². The maximum Gasteiger partial charge on any atom is 0.305 e. The SMILES string of the molecule is CCOC(=O)CCCCCCCCCCCCCCCNC(C)(CC)c1ccc(OC)cc1C. The van der Waals surface area contributed by atoms with E-state index in [2.05, 4.69) is 44.3 Å². The number of nitrogens with one attached hydrogen (secondary N) is 1. The molecule has 0 aliphatic carbocycles. The van der Waals surface area contributed by atoms with Crippen molar-refractivity contribution in [2.45, 2.75) is 130 Å². The lowest BCUT2D eigenvalue weighted by Crippen LogP contribution is -2.40. The molecule has 0 bridgehead atoms. The van der Waals surface area contributed by atoms with Crippen LogP contribution in [0.1, 0.15) is 128 Å². The summed E-state index contributed by atoms with van der Waals surface area (Å²) in [5.74, 6) is 0.893. The standard InChI is InChI=1S/C30H53NO3/c1-6-30(4,28-23-22-27(33-5)25-26(28)3)31-24-20-18-16-14-12-10-8-9-11-13-15-17-19-21-29(32)34-7-2/h22-23,25,31H,6-21,24H2,1-5H3. The zero-order valence-corrected chi connectivity index (χ0v) is 23.0. The average molecular weight is 476 g/mol. The third-order valence-electron chi connectivity index (χ3n) is 7.11. The molecule has 0 spiro atoms. The second-order valence-electron chi connectivity index (χ2n) is 9.94. The molecule has 4 heteroatoms. The molecule has 0 radical (unpaired) electrons. The van der Waals surface area contributed by atoms with Crippen molar-refractivity contribution in [1.82, 2.24) is 5.32 Å². The second kappa shape index (κ2) is 18.7. The summed E-state index contributed by atoms with van der Waals surface area (Å²) in [6.45, 7) is 10.2. The van der Waals surface area contributed by atoms with Crippen molar-refractivity contribution in [3.05, 3.63) is 29.3 Å². The summed E-state index contributed by atoms with van der Waals surface area (Å²) >= 11 is 0. The molecule has 0 aromatic heterocycles. The Balaban J connectivity index is 1.98. The summed E-state index contributed by atoms with van der Waals surface area (Å²) in [4.78, 5) is 11.3. The number of hydrogen-bond donors (Lipinski definition) is 1. The molecule has 0 heterocycles. The van der Waals surface area contributed by atoms with Gasteiger partial charge in [-0.3, -0.25) is 4.79 Å². The Labute approximate surface area is 210 Å². The van der Waals surface area contributed by atoms with Gasteiger partial charge in [-0.2, -0.15) is 0 Å². The van der Waals surface area contributed by atoms with Crippen molar-refractivity contribution in [2.75, 3.05) is 20.3 Å². The Morgan fingerprint density at radius 3 is 1.85 bits per heavy atom. The summed E-state index contributed by atoms with van der Waals surface area (Å²) in [5, 5.41) is 3.83. The van der Waals surface area contributed by atoms with Gasteiger partial charge in [-0.05, 0) is 69.8 Å². The normalized spacial score (nSPS) is 13.0. The first-order valence-electron chi connectivity index (χ1n) is 14.0. The molecule has 1 aromatic carbocycles. The van der Waals surface area contributed by atoms with E-state index in [1.165, 1.54) is 81.8 Å². The van der Waals surface area contributed by atoms with Crippen molar-refractivity contribution in [1.29, 1.82) is 0 Å². The Bertz CT molecular complexity index is 660. The minimum atomic E-state index is -0.0400. The molecule has 0 amide bonds. The molecule has 0 aliphatic rings. The first-order valence-corrected chi connectivity index (χ1v) is 14.0. The van der Waals surface area contributed by atoms with Gasteiger partial charge in [0.05, 0.1) is 13.7 Å². The van der Waals surface area contributed by atoms with E-state index >= 15 is 0 Å². The number of ether oxygens (including phenoxy) is 2. The molecule has 0 saturated carbocycles. The van der Waals surface area contributed by atoms with Gasteiger partial charge in [0.1, 0.15) is 5.75 Å². The van der Waals surface area contributed by atoms with E-state index in [0.29, 0.717) is 13.0 Å². The third-order valence-corrected chi connectivity index (χ3v) is 7.11. The number of hydrogen-bond acceptors (Lipinski definition) is 4. The highest BCUT2D eigenvalue weighted by Gasteiger charge is 2.25. The van der Waals surface area contributed by atoms with Crippen LogP contribution < -0.4 is 10.1 Å². The molecule has 1 N–H and O–H groups in total. The Morgan fingerprint density at radius 1 is 0.853 bits per heavy atom. The van der Waals surface area contributed by atoms with E-state index < -0.39 is 0 Å². The number of rotatable bonds is 21. The van der Waals surface area contributed by atoms with E-state index in [9.17, 15) is 4.79 Å². The number of aryl methyl sites for hydroxylation is 1. The highest BCUT2D eigenvalue weighted by Crippen LogP contribution is 2.30. The monoisotopic (exact) mass is 475 g/mol. The Kier molecular flexibility index (Phi) is 16.8. The van der Waals surface area contributed by atoms with Crippen LogP contribution in [0.5, 0.6) is 5.75 Å². The van der Waals surface area contributed by atoms with E-state index in [-0.39, 0.29) is 11.5 Å². The molecular weight excluding hydrogens is 422 g/mol. The van der Waals surface area contributed by atoms with Crippen molar-refractivity contribution in [3.63, 3.8) is 0 Å². The molecule has 0 fully saturated rings. The van der Waals surface area contributed by atoms with Crippen molar-refractivity contribution >= 4 is 5.97 Å². The number of benzene rings is 1. The lowest BCUT2D eigenvalue weighted by Gasteiger charge is -2.32. The minimum Gasteiger partial charge on any atom is -0.497 e. The van der Waals surface area contributed by atoms with Gasteiger partial charge >= 0.3 is 5.97 Å². The van der Waals surface area contributed by atoms with Gasteiger partial charge in [-0.15, -0.1) is 0 Å². The predicted octanol–water partition coefficient (Wildman–Crippen LogP) is 8.24. The van der Waals surface area contributed by atoms with Crippen LogP contribution in [0, 0.1) is 6.92 Å². The molecular formula is C30H53NO3. The van der Waals surface area contributed by atoms with Crippen molar-refractivity contribution in [2.24, 2.45) is 0 Å². The molecule has 1 rings (SSSR count). The number of carbonyl (C=O) groups is 1. The fourth-order valence-electron chi connectivity index (χ4n) is 4.73. The van der Waals surface area contributed by atoms with Crippen LogP contribution in [-0.2, 0) is 15.1 Å².